The molecule has 0 spiro atoms. The van der Waals surface area contributed by atoms with E-state index in [4.69, 9.17) is 10.8 Å². The number of carbonyl (C=O) groups is 1. The maximum atomic E-state index is 11.1. The lowest BCUT2D eigenvalue weighted by Crippen LogP contribution is -2.25. The van der Waals surface area contributed by atoms with Crippen LogP contribution in [0.4, 0.5) is 5.69 Å². The zero-order valence-electron chi connectivity index (χ0n) is 10.6. The number of carboxylic acid groups (broad SMARTS) is 1. The molecule has 0 saturated heterocycles. The van der Waals surface area contributed by atoms with E-state index in [1.807, 2.05) is 36.4 Å². The normalized spacial score (nSPS) is 13.7. The van der Waals surface area contributed by atoms with E-state index in [1.165, 1.54) is 11.8 Å². The topological polar surface area (TPSA) is 83.5 Å². The van der Waals surface area contributed by atoms with Crippen molar-refractivity contribution in [2.75, 3.05) is 5.73 Å². The molecule has 2 rings (SSSR count). The largest absolute Gasteiger partial charge is 0.479 e. The fraction of sp³-hybridized carbons (Fsp3) is 0.133. The van der Waals surface area contributed by atoms with E-state index in [2.05, 4.69) is 0 Å². The van der Waals surface area contributed by atoms with Gasteiger partial charge >= 0.3 is 5.97 Å². The number of aliphatic hydroxyl groups excluding tert-OH is 1. The number of anilines is 1. The number of hydrogen-bond donors (Lipinski definition) is 3. The van der Waals surface area contributed by atoms with E-state index in [0.717, 1.165) is 10.5 Å². The summed E-state index contributed by atoms with van der Waals surface area (Å²) in [5, 5.41) is 18.4. The molecule has 2 aromatic carbocycles. The quantitative estimate of drug-likeness (QED) is 0.582. The molecule has 0 aliphatic heterocycles. The molecule has 2 atom stereocenters. The second-order valence-corrected chi connectivity index (χ2v) is 5.45. The Morgan fingerprint density at radius 2 is 1.65 bits per heavy atom. The molecule has 0 heterocycles. The summed E-state index contributed by atoms with van der Waals surface area (Å²) < 4.78 is 0. The Morgan fingerprint density at radius 3 is 2.25 bits per heavy atom. The molecule has 0 aliphatic rings. The first-order valence-corrected chi connectivity index (χ1v) is 6.94. The van der Waals surface area contributed by atoms with E-state index in [0.29, 0.717) is 5.69 Å². The van der Waals surface area contributed by atoms with Crippen LogP contribution in [0.1, 0.15) is 10.8 Å². The molecule has 4 N–H and O–H groups in total. The Labute approximate surface area is 121 Å². The minimum atomic E-state index is -1.50. The predicted molar refractivity (Wildman–Crippen MR) is 79.5 cm³/mol. The van der Waals surface area contributed by atoms with Crippen LogP contribution in [0, 0.1) is 0 Å². The average Bonchev–Trinajstić information content (AvgIpc) is 2.46. The van der Waals surface area contributed by atoms with Gasteiger partial charge in [-0.2, -0.15) is 0 Å². The molecule has 5 heteroatoms. The molecule has 20 heavy (non-hydrogen) atoms. The zero-order valence-corrected chi connectivity index (χ0v) is 11.5. The number of aliphatic carboxylic acids is 1. The number of para-hydroxylation sites is 1. The molecule has 2 aromatic rings. The molecule has 0 bridgehead atoms. The summed E-state index contributed by atoms with van der Waals surface area (Å²) in [6.45, 7) is 0. The number of nitrogen functional groups attached to an aromatic ring is 1. The molecule has 0 aliphatic carbocycles. The van der Waals surface area contributed by atoms with Crippen LogP contribution in [0.25, 0.3) is 0 Å². The number of thioether (sulfide) groups is 1. The van der Waals surface area contributed by atoms with Crippen molar-refractivity contribution in [2.24, 2.45) is 0 Å². The number of aliphatic hydroxyl groups is 1. The number of rotatable bonds is 5. The monoisotopic (exact) mass is 289 g/mol. The van der Waals surface area contributed by atoms with Gasteiger partial charge in [0.2, 0.25) is 0 Å². The van der Waals surface area contributed by atoms with Crippen LogP contribution < -0.4 is 5.73 Å². The van der Waals surface area contributed by atoms with E-state index in [9.17, 15) is 9.90 Å². The minimum Gasteiger partial charge on any atom is -0.479 e. The second-order valence-electron chi connectivity index (χ2n) is 4.27. The highest BCUT2D eigenvalue weighted by atomic mass is 32.2. The van der Waals surface area contributed by atoms with Crippen molar-refractivity contribution >= 4 is 23.4 Å². The number of nitrogens with two attached hydrogens (primary N) is 1. The van der Waals surface area contributed by atoms with Crippen LogP contribution in [0.5, 0.6) is 0 Å². The third kappa shape index (κ3) is 3.31. The molecule has 0 unspecified atom stereocenters. The number of benzene rings is 2. The smallest absolute Gasteiger partial charge is 0.334 e. The lowest BCUT2D eigenvalue weighted by molar-refractivity contribution is -0.146. The summed E-state index contributed by atoms with van der Waals surface area (Å²) in [7, 11) is 0. The lowest BCUT2D eigenvalue weighted by atomic mass is 10.1. The summed E-state index contributed by atoms with van der Waals surface area (Å²) in [6, 6.07) is 16.2. The van der Waals surface area contributed by atoms with Gasteiger partial charge in [-0.1, -0.05) is 42.5 Å². The van der Waals surface area contributed by atoms with Crippen molar-refractivity contribution in [3.63, 3.8) is 0 Å². The first-order chi connectivity index (χ1) is 9.59. The highest BCUT2D eigenvalue weighted by molar-refractivity contribution is 7.99. The predicted octanol–water partition coefficient (Wildman–Crippen LogP) is 2.55. The van der Waals surface area contributed by atoms with Gasteiger partial charge in [0.25, 0.3) is 0 Å². The van der Waals surface area contributed by atoms with Gasteiger partial charge in [0.05, 0.1) is 5.25 Å². The molecule has 0 saturated carbocycles. The van der Waals surface area contributed by atoms with Crippen LogP contribution in [0.2, 0.25) is 0 Å². The standard InChI is InChI=1S/C15H15NO3S/c16-11-8-4-5-9-12(11)20-14(13(17)15(18)19)10-6-2-1-3-7-10/h1-9,13-14,17H,16H2,(H,18,19)/t13-,14+/m1/s1. The van der Waals surface area contributed by atoms with Gasteiger partial charge in [-0.05, 0) is 17.7 Å². The Morgan fingerprint density at radius 1 is 1.05 bits per heavy atom. The Hall–Kier alpha value is -1.98. The van der Waals surface area contributed by atoms with Gasteiger partial charge in [-0.15, -0.1) is 11.8 Å². The first kappa shape index (κ1) is 14.4. The fourth-order valence-corrected chi connectivity index (χ4v) is 2.99. The summed E-state index contributed by atoms with van der Waals surface area (Å²) in [4.78, 5) is 11.8. The van der Waals surface area contributed by atoms with Crippen molar-refractivity contribution in [3.05, 3.63) is 60.2 Å². The van der Waals surface area contributed by atoms with E-state index >= 15 is 0 Å². The van der Waals surface area contributed by atoms with Crippen molar-refractivity contribution in [1.82, 2.24) is 0 Å². The third-order valence-corrected chi connectivity index (χ3v) is 4.25. The number of hydrogen-bond acceptors (Lipinski definition) is 4. The third-order valence-electron chi connectivity index (χ3n) is 2.84. The maximum absolute atomic E-state index is 11.1. The molecule has 0 amide bonds. The van der Waals surface area contributed by atoms with Gasteiger partial charge in [0, 0.05) is 10.6 Å². The Balaban J connectivity index is 2.33. The summed E-state index contributed by atoms with van der Waals surface area (Å²) >= 11 is 1.25. The van der Waals surface area contributed by atoms with E-state index in [-0.39, 0.29) is 0 Å². The Bertz CT molecular complexity index is 589. The van der Waals surface area contributed by atoms with Crippen molar-refractivity contribution in [2.45, 2.75) is 16.2 Å². The maximum Gasteiger partial charge on any atom is 0.334 e. The molecule has 0 radical (unpaired) electrons. The van der Waals surface area contributed by atoms with Crippen molar-refractivity contribution in [3.8, 4) is 0 Å². The van der Waals surface area contributed by atoms with Crippen molar-refractivity contribution in [1.29, 1.82) is 0 Å². The van der Waals surface area contributed by atoms with Gasteiger partial charge in [-0.25, -0.2) is 4.79 Å². The summed E-state index contributed by atoms with van der Waals surface area (Å²) in [6.07, 6.45) is -1.50. The molecule has 4 nitrogen and oxygen atoms in total. The lowest BCUT2D eigenvalue weighted by Gasteiger charge is -2.20. The zero-order chi connectivity index (χ0) is 14.5. The van der Waals surface area contributed by atoms with Gasteiger partial charge < -0.3 is 15.9 Å². The summed E-state index contributed by atoms with van der Waals surface area (Å²) in [5.41, 5.74) is 7.19. The van der Waals surface area contributed by atoms with Crippen molar-refractivity contribution < 1.29 is 15.0 Å². The molecular formula is C15H15NO3S. The minimum absolute atomic E-state index is 0.566. The van der Waals surface area contributed by atoms with E-state index < -0.39 is 17.3 Å². The highest BCUT2D eigenvalue weighted by Crippen LogP contribution is 2.40. The molecular weight excluding hydrogens is 274 g/mol. The SMILES string of the molecule is Nc1ccccc1S[C@@H](c1ccccc1)[C@@H](O)C(=O)O. The molecule has 104 valence electrons. The molecule has 0 fully saturated rings. The van der Waals surface area contributed by atoms with Crippen LogP contribution in [0.3, 0.4) is 0 Å². The van der Waals surface area contributed by atoms with Gasteiger partial charge in [0.15, 0.2) is 6.10 Å². The highest BCUT2D eigenvalue weighted by Gasteiger charge is 2.28. The van der Waals surface area contributed by atoms with Crippen LogP contribution >= 0.6 is 11.8 Å². The van der Waals surface area contributed by atoms with Crippen LogP contribution in [0.15, 0.2) is 59.5 Å². The average molecular weight is 289 g/mol. The Kier molecular flexibility index (Phi) is 4.65. The van der Waals surface area contributed by atoms with Crippen LogP contribution in [-0.4, -0.2) is 22.3 Å². The molecule has 0 aromatic heterocycles. The first-order valence-electron chi connectivity index (χ1n) is 6.06. The van der Waals surface area contributed by atoms with Gasteiger partial charge in [0.1, 0.15) is 0 Å². The van der Waals surface area contributed by atoms with Gasteiger partial charge in [-0.3, -0.25) is 0 Å². The van der Waals surface area contributed by atoms with E-state index in [1.54, 1.807) is 18.2 Å². The second kappa shape index (κ2) is 6.45. The number of carboxylic acids is 1. The fourth-order valence-electron chi connectivity index (χ4n) is 1.81. The van der Waals surface area contributed by atoms with Crippen LogP contribution in [-0.2, 0) is 4.79 Å². The summed E-state index contributed by atoms with van der Waals surface area (Å²) in [5.74, 6) is -1.25.